The molecule has 1 atom stereocenters. The van der Waals surface area contributed by atoms with Gasteiger partial charge in [0.05, 0.1) is 12.6 Å². The van der Waals surface area contributed by atoms with Crippen molar-refractivity contribution in [3.05, 3.63) is 23.3 Å². The van der Waals surface area contributed by atoms with Crippen molar-refractivity contribution in [2.45, 2.75) is 13.0 Å². The quantitative estimate of drug-likeness (QED) is 0.754. The molecule has 0 saturated carbocycles. The van der Waals surface area contributed by atoms with Gasteiger partial charge in [-0.3, -0.25) is 0 Å². The van der Waals surface area contributed by atoms with Crippen LogP contribution in [0.3, 0.4) is 0 Å². The van der Waals surface area contributed by atoms with Gasteiger partial charge in [-0.05, 0) is 18.6 Å². The normalized spacial score (nSPS) is 16.2. The van der Waals surface area contributed by atoms with Gasteiger partial charge in [0.2, 0.25) is 0 Å². The van der Waals surface area contributed by atoms with Crippen LogP contribution in [0.25, 0.3) is 0 Å². The summed E-state index contributed by atoms with van der Waals surface area (Å²) in [7, 11) is 0. The molecule has 4 heteroatoms. The fraction of sp³-hybridized carbons (Fsp3) is 0.455. The van der Waals surface area contributed by atoms with Gasteiger partial charge in [-0.25, -0.2) is 0 Å². The lowest BCUT2D eigenvalue weighted by Crippen LogP contribution is -2.22. The molecule has 1 heterocycles. The molecule has 82 valence electrons. The Hall–Kier alpha value is -1.26. The third-order valence-electron chi connectivity index (χ3n) is 2.53. The minimum atomic E-state index is -0.415. The second kappa shape index (κ2) is 4.08. The van der Waals surface area contributed by atoms with E-state index in [1.165, 1.54) is 0 Å². The predicted octanol–water partition coefficient (Wildman–Crippen LogP) is 0.758. The summed E-state index contributed by atoms with van der Waals surface area (Å²) >= 11 is 0. The fourth-order valence-corrected chi connectivity index (χ4v) is 1.79. The Labute approximate surface area is 88.6 Å². The van der Waals surface area contributed by atoms with Gasteiger partial charge in [0.15, 0.2) is 11.5 Å². The Morgan fingerprint density at radius 1 is 1.40 bits per heavy atom. The van der Waals surface area contributed by atoms with Crippen LogP contribution in [0.2, 0.25) is 0 Å². The van der Waals surface area contributed by atoms with Crippen LogP contribution in [0.15, 0.2) is 12.1 Å². The zero-order valence-electron chi connectivity index (χ0n) is 8.69. The average Bonchev–Trinajstić information content (AvgIpc) is 2.28. The monoisotopic (exact) mass is 209 g/mol. The van der Waals surface area contributed by atoms with Gasteiger partial charge in [0.25, 0.3) is 0 Å². The fourth-order valence-electron chi connectivity index (χ4n) is 1.79. The van der Waals surface area contributed by atoms with Gasteiger partial charge in [-0.2, -0.15) is 0 Å². The van der Waals surface area contributed by atoms with Crippen LogP contribution in [-0.4, -0.2) is 24.9 Å². The number of fused-ring (bicyclic) bond motifs is 1. The first-order valence-electron chi connectivity index (χ1n) is 4.99. The first-order valence-corrected chi connectivity index (χ1v) is 4.99. The number of hydrogen-bond acceptors (Lipinski definition) is 4. The number of ether oxygens (including phenoxy) is 2. The third kappa shape index (κ3) is 1.78. The second-order valence-corrected chi connectivity index (χ2v) is 3.61. The standard InChI is InChI=1S/C11H15NO3/c1-7-2-3-9-11(15-5-4-14-9)10(7)8(12)6-13/h2-3,8,13H,4-6,12H2,1H3. The van der Waals surface area contributed by atoms with Crippen LogP contribution in [-0.2, 0) is 0 Å². The highest BCUT2D eigenvalue weighted by Crippen LogP contribution is 2.38. The van der Waals surface area contributed by atoms with E-state index in [1.54, 1.807) is 0 Å². The van der Waals surface area contributed by atoms with E-state index in [9.17, 15) is 0 Å². The van der Waals surface area contributed by atoms with Crippen LogP contribution in [0.4, 0.5) is 0 Å². The van der Waals surface area contributed by atoms with Crippen molar-refractivity contribution in [1.82, 2.24) is 0 Å². The number of rotatable bonds is 2. The number of nitrogens with two attached hydrogens (primary N) is 1. The van der Waals surface area contributed by atoms with Crippen LogP contribution in [0.1, 0.15) is 17.2 Å². The maximum absolute atomic E-state index is 9.09. The maximum Gasteiger partial charge on any atom is 0.166 e. The number of aliphatic hydroxyl groups is 1. The topological polar surface area (TPSA) is 64.7 Å². The van der Waals surface area contributed by atoms with Crippen molar-refractivity contribution >= 4 is 0 Å². The van der Waals surface area contributed by atoms with E-state index in [1.807, 2.05) is 19.1 Å². The van der Waals surface area contributed by atoms with Crippen LogP contribution < -0.4 is 15.2 Å². The molecule has 1 aliphatic rings. The lowest BCUT2D eigenvalue weighted by molar-refractivity contribution is 0.167. The van der Waals surface area contributed by atoms with E-state index in [2.05, 4.69) is 0 Å². The molecular formula is C11H15NO3. The van der Waals surface area contributed by atoms with Crippen molar-refractivity contribution in [3.63, 3.8) is 0 Å². The summed E-state index contributed by atoms with van der Waals surface area (Å²) in [6.07, 6.45) is 0. The summed E-state index contributed by atoms with van der Waals surface area (Å²) in [5, 5.41) is 9.09. The molecular weight excluding hydrogens is 194 g/mol. The van der Waals surface area contributed by atoms with Gasteiger partial charge in [-0.1, -0.05) is 6.07 Å². The summed E-state index contributed by atoms with van der Waals surface area (Å²) in [5.74, 6) is 1.40. The van der Waals surface area contributed by atoms with E-state index in [-0.39, 0.29) is 6.61 Å². The molecule has 0 aromatic heterocycles. The Morgan fingerprint density at radius 3 is 2.87 bits per heavy atom. The highest BCUT2D eigenvalue weighted by atomic mass is 16.6. The Kier molecular flexibility index (Phi) is 2.79. The van der Waals surface area contributed by atoms with Crippen molar-refractivity contribution in [3.8, 4) is 11.5 Å². The summed E-state index contributed by atoms with van der Waals surface area (Å²) in [5.41, 5.74) is 7.69. The molecule has 0 amide bonds. The Bertz CT molecular complexity index is 365. The van der Waals surface area contributed by atoms with Crippen molar-refractivity contribution in [2.24, 2.45) is 5.73 Å². The molecule has 0 spiro atoms. The molecule has 1 unspecified atom stereocenters. The SMILES string of the molecule is Cc1ccc2c(c1C(N)CO)OCCO2. The first-order chi connectivity index (χ1) is 7.24. The third-order valence-corrected chi connectivity index (χ3v) is 2.53. The predicted molar refractivity (Wildman–Crippen MR) is 56.2 cm³/mol. The molecule has 1 aliphatic heterocycles. The van der Waals surface area contributed by atoms with Crippen LogP contribution in [0.5, 0.6) is 11.5 Å². The Morgan fingerprint density at radius 2 is 2.13 bits per heavy atom. The molecule has 1 aromatic rings. The van der Waals surface area contributed by atoms with Gasteiger partial charge in [-0.15, -0.1) is 0 Å². The second-order valence-electron chi connectivity index (χ2n) is 3.61. The summed E-state index contributed by atoms with van der Waals surface area (Å²) in [6, 6.07) is 3.39. The molecule has 0 saturated heterocycles. The minimum absolute atomic E-state index is 0.0966. The minimum Gasteiger partial charge on any atom is -0.486 e. The zero-order chi connectivity index (χ0) is 10.8. The molecule has 0 bridgehead atoms. The number of aryl methyl sites for hydroxylation is 1. The van der Waals surface area contributed by atoms with Crippen LogP contribution >= 0.6 is 0 Å². The van der Waals surface area contributed by atoms with E-state index in [0.717, 1.165) is 11.1 Å². The van der Waals surface area contributed by atoms with E-state index < -0.39 is 6.04 Å². The summed E-state index contributed by atoms with van der Waals surface area (Å²) in [6.45, 7) is 2.94. The first kappa shape index (κ1) is 10.3. The molecule has 3 N–H and O–H groups in total. The molecule has 0 fully saturated rings. The molecule has 15 heavy (non-hydrogen) atoms. The van der Waals surface area contributed by atoms with Crippen molar-refractivity contribution in [1.29, 1.82) is 0 Å². The van der Waals surface area contributed by atoms with E-state index in [4.69, 9.17) is 20.3 Å². The molecule has 2 rings (SSSR count). The van der Waals surface area contributed by atoms with Gasteiger partial charge >= 0.3 is 0 Å². The Balaban J connectivity index is 2.50. The van der Waals surface area contributed by atoms with Gasteiger partial charge in [0, 0.05) is 5.56 Å². The molecule has 0 radical (unpaired) electrons. The maximum atomic E-state index is 9.09. The smallest absolute Gasteiger partial charge is 0.166 e. The largest absolute Gasteiger partial charge is 0.486 e. The molecule has 0 aliphatic carbocycles. The lowest BCUT2D eigenvalue weighted by Gasteiger charge is -2.24. The molecule has 1 aromatic carbocycles. The average molecular weight is 209 g/mol. The van der Waals surface area contributed by atoms with Crippen molar-refractivity contribution < 1.29 is 14.6 Å². The van der Waals surface area contributed by atoms with E-state index >= 15 is 0 Å². The summed E-state index contributed by atoms with van der Waals surface area (Å²) in [4.78, 5) is 0. The zero-order valence-corrected chi connectivity index (χ0v) is 8.69. The van der Waals surface area contributed by atoms with E-state index in [0.29, 0.717) is 24.7 Å². The number of hydrogen-bond donors (Lipinski definition) is 2. The number of aliphatic hydroxyl groups excluding tert-OH is 1. The molecule has 4 nitrogen and oxygen atoms in total. The van der Waals surface area contributed by atoms with Gasteiger partial charge in [0.1, 0.15) is 13.2 Å². The number of benzene rings is 1. The van der Waals surface area contributed by atoms with Crippen molar-refractivity contribution in [2.75, 3.05) is 19.8 Å². The van der Waals surface area contributed by atoms with Gasteiger partial charge < -0.3 is 20.3 Å². The van der Waals surface area contributed by atoms with Crippen LogP contribution in [0, 0.1) is 6.92 Å². The lowest BCUT2D eigenvalue weighted by atomic mass is 10.0. The highest BCUT2D eigenvalue weighted by Gasteiger charge is 2.21. The highest BCUT2D eigenvalue weighted by molar-refractivity contribution is 5.52. The summed E-state index contributed by atoms with van der Waals surface area (Å²) < 4.78 is 11.0.